The minimum atomic E-state index is -0.856. The van der Waals surface area contributed by atoms with E-state index in [9.17, 15) is 9.90 Å². The monoisotopic (exact) mass is 504 g/mol. The normalized spacial score (nSPS) is 24.1. The number of nitrogens with zero attached hydrogens (tertiary/aromatic N) is 4. The van der Waals surface area contributed by atoms with Gasteiger partial charge >= 0.3 is 6.09 Å². The van der Waals surface area contributed by atoms with E-state index in [1.807, 2.05) is 12.3 Å². The number of nitriles is 1. The molecule has 1 aromatic heterocycles. The first-order valence-corrected chi connectivity index (χ1v) is 12.5. The lowest BCUT2D eigenvalue weighted by molar-refractivity contribution is 0.136. The van der Waals surface area contributed by atoms with E-state index >= 15 is 4.39 Å². The van der Waals surface area contributed by atoms with Crippen LogP contribution in [0.5, 0.6) is 0 Å². The summed E-state index contributed by atoms with van der Waals surface area (Å²) in [4.78, 5) is 20.3. The number of hydrogen-bond acceptors (Lipinski definition) is 5. The Hall–Kier alpha value is -2.05. The molecule has 4 heterocycles. The number of halogens is 2. The third-order valence-electron chi connectivity index (χ3n) is 6.94. The number of aryl methyl sites for hydroxylation is 1. The number of hydrogen-bond donors (Lipinski definition) is 1. The number of anilines is 1. The van der Waals surface area contributed by atoms with Crippen molar-refractivity contribution in [2.24, 2.45) is 5.92 Å². The third kappa shape index (κ3) is 3.10. The van der Waals surface area contributed by atoms with Crippen LogP contribution in [0.15, 0.2) is 15.6 Å². The van der Waals surface area contributed by atoms with Crippen LogP contribution in [0.3, 0.4) is 0 Å². The molecular formula is C22H22BrFN4O2S. The average Bonchev–Trinajstić information content (AvgIpc) is 3.36. The van der Waals surface area contributed by atoms with E-state index in [4.69, 9.17) is 5.26 Å². The third-order valence-corrected chi connectivity index (χ3v) is 8.52. The Morgan fingerprint density at radius 3 is 3.00 bits per heavy atom. The first-order chi connectivity index (χ1) is 15.0. The SMILES string of the molecule is CSc1nc2c(F)c(Br)c(CCC#N)cc2c2c1CCCN2C1C2CC1N(C(=O)O)C2. The van der Waals surface area contributed by atoms with Crippen LogP contribution < -0.4 is 4.90 Å². The number of rotatable bonds is 4. The fourth-order valence-electron chi connectivity index (χ4n) is 5.59. The molecular weight excluding hydrogens is 483 g/mol. The maximum Gasteiger partial charge on any atom is 0.407 e. The summed E-state index contributed by atoms with van der Waals surface area (Å²) < 4.78 is 15.8. The van der Waals surface area contributed by atoms with Crippen molar-refractivity contribution >= 4 is 50.4 Å². The van der Waals surface area contributed by atoms with E-state index < -0.39 is 11.9 Å². The van der Waals surface area contributed by atoms with Crippen molar-refractivity contribution in [3.05, 3.63) is 27.5 Å². The molecule has 3 fully saturated rings. The van der Waals surface area contributed by atoms with Crippen LogP contribution >= 0.6 is 27.7 Å². The smallest absolute Gasteiger partial charge is 0.407 e. The van der Waals surface area contributed by atoms with Crippen molar-refractivity contribution in [1.29, 1.82) is 5.26 Å². The van der Waals surface area contributed by atoms with Gasteiger partial charge < -0.3 is 14.9 Å². The highest BCUT2D eigenvalue weighted by Gasteiger charge is 2.57. The molecule has 2 bridgehead atoms. The molecule has 6 rings (SSSR count). The Morgan fingerprint density at radius 1 is 1.52 bits per heavy atom. The molecule has 1 aromatic carbocycles. The summed E-state index contributed by atoms with van der Waals surface area (Å²) in [7, 11) is 0. The summed E-state index contributed by atoms with van der Waals surface area (Å²) >= 11 is 4.90. The molecule has 9 heteroatoms. The largest absolute Gasteiger partial charge is 0.465 e. The van der Waals surface area contributed by atoms with E-state index in [0.717, 1.165) is 53.0 Å². The van der Waals surface area contributed by atoms with Crippen LogP contribution in [0, 0.1) is 23.1 Å². The van der Waals surface area contributed by atoms with Gasteiger partial charge in [-0.3, -0.25) is 0 Å². The molecule has 1 aliphatic carbocycles. The quantitative estimate of drug-likeness (QED) is 0.601. The first kappa shape index (κ1) is 20.8. The molecule has 4 aliphatic rings. The number of carboxylic acid groups (broad SMARTS) is 1. The fraction of sp³-hybridized carbons (Fsp3) is 0.500. The Bertz CT molecular complexity index is 1140. The molecule has 2 saturated heterocycles. The van der Waals surface area contributed by atoms with Crippen molar-refractivity contribution in [1.82, 2.24) is 9.88 Å². The highest BCUT2D eigenvalue weighted by Crippen LogP contribution is 2.50. The summed E-state index contributed by atoms with van der Waals surface area (Å²) in [5.41, 5.74) is 3.25. The van der Waals surface area contributed by atoms with Crippen LogP contribution in [-0.4, -0.2) is 52.5 Å². The molecule has 1 N–H and O–H groups in total. The van der Waals surface area contributed by atoms with Crippen LogP contribution in [0.25, 0.3) is 10.9 Å². The van der Waals surface area contributed by atoms with Gasteiger partial charge in [0.15, 0.2) is 5.82 Å². The van der Waals surface area contributed by atoms with Crippen LogP contribution in [0.1, 0.15) is 30.4 Å². The van der Waals surface area contributed by atoms with Crippen molar-refractivity contribution in [3.63, 3.8) is 0 Å². The maximum atomic E-state index is 15.4. The molecule has 3 unspecified atom stereocenters. The van der Waals surface area contributed by atoms with Gasteiger partial charge in [-0.15, -0.1) is 11.8 Å². The van der Waals surface area contributed by atoms with Gasteiger partial charge in [-0.25, -0.2) is 14.2 Å². The number of amides is 1. The summed E-state index contributed by atoms with van der Waals surface area (Å²) in [6.07, 6.45) is 4.62. The molecule has 0 radical (unpaired) electrons. The molecule has 31 heavy (non-hydrogen) atoms. The minimum absolute atomic E-state index is 0.00671. The molecule has 3 atom stereocenters. The van der Waals surface area contributed by atoms with Crippen molar-refractivity contribution in [2.45, 2.75) is 49.2 Å². The van der Waals surface area contributed by atoms with E-state index in [1.165, 1.54) is 11.8 Å². The zero-order valence-electron chi connectivity index (χ0n) is 17.1. The number of thioether (sulfide) groups is 1. The van der Waals surface area contributed by atoms with Crippen LogP contribution in [-0.2, 0) is 12.8 Å². The predicted molar refractivity (Wildman–Crippen MR) is 121 cm³/mol. The van der Waals surface area contributed by atoms with Gasteiger partial charge in [-0.1, -0.05) is 0 Å². The number of pyridine rings is 1. The van der Waals surface area contributed by atoms with Crippen molar-refractivity contribution < 1.29 is 14.3 Å². The van der Waals surface area contributed by atoms with E-state index in [2.05, 4.69) is 31.9 Å². The van der Waals surface area contributed by atoms with Gasteiger partial charge in [0, 0.05) is 36.4 Å². The summed E-state index contributed by atoms with van der Waals surface area (Å²) in [6, 6.07) is 4.24. The Balaban J connectivity index is 1.69. The maximum absolute atomic E-state index is 15.4. The van der Waals surface area contributed by atoms with Gasteiger partial charge in [0.2, 0.25) is 0 Å². The number of benzene rings is 1. The van der Waals surface area contributed by atoms with E-state index in [-0.39, 0.29) is 12.1 Å². The highest BCUT2D eigenvalue weighted by molar-refractivity contribution is 9.10. The molecule has 2 aromatic rings. The van der Waals surface area contributed by atoms with E-state index in [1.54, 1.807) is 4.90 Å². The molecule has 6 nitrogen and oxygen atoms in total. The fourth-order valence-corrected chi connectivity index (χ4v) is 6.72. The van der Waals surface area contributed by atoms with Crippen LogP contribution in [0.2, 0.25) is 0 Å². The summed E-state index contributed by atoms with van der Waals surface area (Å²) in [6.45, 7) is 1.40. The average molecular weight is 505 g/mol. The Morgan fingerprint density at radius 2 is 2.32 bits per heavy atom. The van der Waals surface area contributed by atoms with Gasteiger partial charge in [-0.05, 0) is 59.5 Å². The van der Waals surface area contributed by atoms with Gasteiger partial charge in [0.1, 0.15) is 10.5 Å². The first-order valence-electron chi connectivity index (χ1n) is 10.5. The summed E-state index contributed by atoms with van der Waals surface area (Å²) in [5.74, 6) is -0.0795. The highest BCUT2D eigenvalue weighted by atomic mass is 79.9. The van der Waals surface area contributed by atoms with Crippen LogP contribution in [0.4, 0.5) is 14.9 Å². The molecule has 1 amide bonds. The summed E-state index contributed by atoms with van der Waals surface area (Å²) in [5, 5.41) is 20.2. The molecule has 3 aliphatic heterocycles. The lowest BCUT2D eigenvalue weighted by atomic mass is 9.77. The molecule has 162 valence electrons. The number of aromatic nitrogens is 1. The minimum Gasteiger partial charge on any atom is -0.465 e. The Kier molecular flexibility index (Phi) is 5.25. The lowest BCUT2D eigenvalue weighted by Crippen LogP contribution is -2.57. The standard InChI is InChI=1S/C22H22BrFN4O2S/c1-31-21-13-5-3-7-27(19-12-9-15(19)28(10-12)22(29)30)20(13)14-8-11(4-2-6-25)16(23)17(24)18(14)26-21/h8,12,15,19H,2-5,7,9-10H2,1H3,(H,29,30). The predicted octanol–water partition coefficient (Wildman–Crippen LogP) is 4.82. The van der Waals surface area contributed by atoms with Crippen molar-refractivity contribution in [2.75, 3.05) is 24.2 Å². The van der Waals surface area contributed by atoms with Gasteiger partial charge in [0.25, 0.3) is 0 Å². The number of carbonyl (C=O) groups is 1. The second kappa shape index (κ2) is 7.82. The zero-order valence-corrected chi connectivity index (χ0v) is 19.5. The topological polar surface area (TPSA) is 80.5 Å². The van der Waals surface area contributed by atoms with E-state index in [0.29, 0.717) is 35.3 Å². The van der Waals surface area contributed by atoms with Gasteiger partial charge in [-0.2, -0.15) is 5.26 Å². The Labute approximate surface area is 192 Å². The molecule has 1 saturated carbocycles. The van der Waals surface area contributed by atoms with Crippen molar-refractivity contribution in [3.8, 4) is 6.07 Å². The lowest BCUT2D eigenvalue weighted by Gasteiger charge is -2.47. The van der Waals surface area contributed by atoms with Gasteiger partial charge in [0.05, 0.1) is 28.3 Å². The number of fused-ring (bicyclic) bond motifs is 4. The molecule has 0 spiro atoms. The zero-order chi connectivity index (χ0) is 21.9. The second-order valence-corrected chi connectivity index (χ2v) is 10.0. The second-order valence-electron chi connectivity index (χ2n) is 8.45.